The van der Waals surface area contributed by atoms with Crippen molar-refractivity contribution in [2.45, 2.75) is 25.2 Å². The van der Waals surface area contributed by atoms with E-state index < -0.39 is 16.1 Å². The maximum Gasteiger partial charge on any atom is 0.302 e. The Morgan fingerprint density at radius 2 is 1.76 bits per heavy atom. The number of rotatable bonds is 8. The van der Waals surface area contributed by atoms with Crippen molar-refractivity contribution in [2.24, 2.45) is 5.92 Å². The van der Waals surface area contributed by atoms with Gasteiger partial charge in [0.25, 0.3) is 10.1 Å². The number of carbonyl (C=O) groups is 1. The molecule has 2 rings (SSSR count). The van der Waals surface area contributed by atoms with Crippen LogP contribution in [-0.4, -0.2) is 27.6 Å². The lowest BCUT2D eigenvalue weighted by atomic mass is 10.0. The number of ether oxygens (including phenoxy) is 1. The fourth-order valence-electron chi connectivity index (χ4n) is 2.37. The van der Waals surface area contributed by atoms with Gasteiger partial charge in [-0.2, -0.15) is 8.42 Å². The van der Waals surface area contributed by atoms with Crippen molar-refractivity contribution < 1.29 is 22.1 Å². The summed E-state index contributed by atoms with van der Waals surface area (Å²) in [6.45, 7) is 3.19. The van der Waals surface area contributed by atoms with Crippen LogP contribution in [0.4, 0.5) is 0 Å². The van der Waals surface area contributed by atoms with Crippen molar-refractivity contribution >= 4 is 16.1 Å². The van der Waals surface area contributed by atoms with E-state index in [0.29, 0.717) is 6.42 Å². The highest BCUT2D eigenvalue weighted by Crippen LogP contribution is 2.17. The molecule has 0 bridgehead atoms. The molecule has 5 nitrogen and oxygen atoms in total. The first-order chi connectivity index (χ1) is 11.9. The average Bonchev–Trinajstić information content (AvgIpc) is 2.58. The summed E-state index contributed by atoms with van der Waals surface area (Å²) < 4.78 is 35.0. The third-order valence-corrected chi connectivity index (χ3v) is 4.90. The zero-order chi connectivity index (χ0) is 18.3. The molecule has 0 heterocycles. The van der Waals surface area contributed by atoms with Crippen LogP contribution in [0, 0.1) is 12.8 Å². The topological polar surface area (TPSA) is 69.7 Å². The fraction of sp³-hybridized carbons (Fsp3) is 0.316. The summed E-state index contributed by atoms with van der Waals surface area (Å²) in [5, 5.41) is 0. The first kappa shape index (κ1) is 19.1. The molecule has 2 aromatic carbocycles. The normalized spacial score (nSPS) is 12.6. The van der Waals surface area contributed by atoms with Crippen molar-refractivity contribution in [3.63, 3.8) is 0 Å². The molecule has 0 fully saturated rings. The van der Waals surface area contributed by atoms with Gasteiger partial charge in [0.05, 0.1) is 18.1 Å². The minimum atomic E-state index is -3.85. The van der Waals surface area contributed by atoms with Crippen LogP contribution >= 0.6 is 0 Å². The van der Waals surface area contributed by atoms with Gasteiger partial charge >= 0.3 is 5.97 Å². The van der Waals surface area contributed by atoms with Gasteiger partial charge in [0, 0.05) is 12.8 Å². The summed E-state index contributed by atoms with van der Waals surface area (Å²) in [7, 11) is -3.85. The van der Waals surface area contributed by atoms with Crippen molar-refractivity contribution in [3.8, 4) is 0 Å². The minimum Gasteiger partial charge on any atom is -0.465 e. The molecule has 0 amide bonds. The van der Waals surface area contributed by atoms with E-state index in [2.05, 4.69) is 0 Å². The van der Waals surface area contributed by atoms with Gasteiger partial charge in [-0.3, -0.25) is 8.98 Å². The summed E-state index contributed by atoms with van der Waals surface area (Å²) in [4.78, 5) is 11.2. The van der Waals surface area contributed by atoms with E-state index in [1.54, 1.807) is 12.1 Å². The van der Waals surface area contributed by atoms with Gasteiger partial charge in [-0.1, -0.05) is 42.5 Å². The average molecular weight is 362 g/mol. The zero-order valence-corrected chi connectivity index (χ0v) is 15.2. The van der Waals surface area contributed by atoms with E-state index in [0.717, 1.165) is 11.1 Å². The predicted molar refractivity (Wildman–Crippen MR) is 94.6 cm³/mol. The Morgan fingerprint density at radius 1 is 1.04 bits per heavy atom. The van der Waals surface area contributed by atoms with Crippen LogP contribution in [0.2, 0.25) is 0 Å². The second-order valence-corrected chi connectivity index (χ2v) is 7.53. The summed E-state index contributed by atoms with van der Waals surface area (Å²) in [6, 6.07) is 16.2. The van der Waals surface area contributed by atoms with E-state index >= 15 is 0 Å². The van der Waals surface area contributed by atoms with Crippen molar-refractivity contribution in [3.05, 3.63) is 65.7 Å². The molecule has 0 saturated heterocycles. The molecule has 0 spiro atoms. The smallest absolute Gasteiger partial charge is 0.302 e. The third-order valence-electron chi connectivity index (χ3n) is 3.63. The molecule has 0 aromatic heterocycles. The van der Waals surface area contributed by atoms with Crippen molar-refractivity contribution in [1.82, 2.24) is 0 Å². The van der Waals surface area contributed by atoms with Crippen molar-refractivity contribution in [2.75, 3.05) is 13.2 Å². The molecule has 0 saturated carbocycles. The molecule has 1 atom stereocenters. The highest BCUT2D eigenvalue weighted by molar-refractivity contribution is 7.86. The van der Waals surface area contributed by atoms with E-state index in [-0.39, 0.29) is 24.0 Å². The van der Waals surface area contributed by atoms with Crippen LogP contribution < -0.4 is 0 Å². The second-order valence-electron chi connectivity index (χ2n) is 5.91. The van der Waals surface area contributed by atoms with Crippen LogP contribution in [0.3, 0.4) is 0 Å². The predicted octanol–water partition coefficient (Wildman–Crippen LogP) is 3.12. The number of hydrogen-bond acceptors (Lipinski definition) is 5. The third kappa shape index (κ3) is 6.32. The molecule has 2 aromatic rings. The number of esters is 1. The minimum absolute atomic E-state index is 0.0571. The second kappa shape index (κ2) is 8.78. The molecule has 0 aliphatic carbocycles. The molecular formula is C19H22O5S. The number of carbonyl (C=O) groups excluding carboxylic acids is 1. The van der Waals surface area contributed by atoms with Gasteiger partial charge in [0.15, 0.2) is 0 Å². The summed E-state index contributed by atoms with van der Waals surface area (Å²) in [5.74, 6) is -0.662. The molecule has 0 N–H and O–H groups in total. The molecular weight excluding hydrogens is 340 g/mol. The van der Waals surface area contributed by atoms with Gasteiger partial charge in [0.2, 0.25) is 0 Å². The fourth-order valence-corrected chi connectivity index (χ4v) is 3.46. The molecule has 0 aliphatic heterocycles. The first-order valence-electron chi connectivity index (χ1n) is 8.00. The van der Waals surface area contributed by atoms with Crippen LogP contribution in [0.5, 0.6) is 0 Å². The van der Waals surface area contributed by atoms with Gasteiger partial charge in [-0.25, -0.2) is 0 Å². The van der Waals surface area contributed by atoms with Crippen LogP contribution in [0.25, 0.3) is 0 Å². The Labute approximate surface area is 148 Å². The van der Waals surface area contributed by atoms with Crippen LogP contribution in [-0.2, 0) is 30.3 Å². The first-order valence-corrected chi connectivity index (χ1v) is 9.41. The van der Waals surface area contributed by atoms with Gasteiger partial charge in [0.1, 0.15) is 0 Å². The lowest BCUT2D eigenvalue weighted by Crippen LogP contribution is -2.22. The maximum absolute atomic E-state index is 12.3. The number of hydrogen-bond donors (Lipinski definition) is 0. The quantitative estimate of drug-likeness (QED) is 0.533. The van der Waals surface area contributed by atoms with E-state index in [9.17, 15) is 13.2 Å². The standard InChI is InChI=1S/C19H22O5S/c1-15-7-6-10-19(11-15)25(21,22)24-14-18(13-23-16(2)20)12-17-8-4-3-5-9-17/h3-11,18H,12-14H2,1-2H3. The lowest BCUT2D eigenvalue weighted by molar-refractivity contribution is -0.142. The lowest BCUT2D eigenvalue weighted by Gasteiger charge is -2.17. The van der Waals surface area contributed by atoms with Gasteiger partial charge in [-0.15, -0.1) is 0 Å². The Kier molecular flexibility index (Phi) is 6.73. The van der Waals surface area contributed by atoms with Gasteiger partial charge in [-0.05, 0) is 36.6 Å². The Morgan fingerprint density at radius 3 is 2.40 bits per heavy atom. The Hall–Kier alpha value is -2.18. The summed E-state index contributed by atoms with van der Waals surface area (Å²) in [6.07, 6.45) is 0.553. The number of aryl methyl sites for hydroxylation is 1. The zero-order valence-electron chi connectivity index (χ0n) is 14.3. The van der Waals surface area contributed by atoms with Crippen molar-refractivity contribution in [1.29, 1.82) is 0 Å². The van der Waals surface area contributed by atoms with Crippen LogP contribution in [0.1, 0.15) is 18.1 Å². The largest absolute Gasteiger partial charge is 0.465 e. The van der Waals surface area contributed by atoms with Gasteiger partial charge < -0.3 is 4.74 Å². The van der Waals surface area contributed by atoms with E-state index in [4.69, 9.17) is 8.92 Å². The maximum atomic E-state index is 12.3. The summed E-state index contributed by atoms with van der Waals surface area (Å²) >= 11 is 0. The molecule has 0 aliphatic rings. The molecule has 0 radical (unpaired) electrons. The molecule has 6 heteroatoms. The highest BCUT2D eigenvalue weighted by atomic mass is 32.2. The Bertz CT molecular complexity index is 800. The monoisotopic (exact) mass is 362 g/mol. The SMILES string of the molecule is CC(=O)OCC(COS(=O)(=O)c1cccc(C)c1)Cc1ccccc1. The molecule has 134 valence electrons. The number of benzene rings is 2. The molecule has 1 unspecified atom stereocenters. The Balaban J connectivity index is 2.06. The molecule has 25 heavy (non-hydrogen) atoms. The van der Waals surface area contributed by atoms with Crippen LogP contribution in [0.15, 0.2) is 59.5 Å². The van der Waals surface area contributed by atoms with E-state index in [1.165, 1.54) is 13.0 Å². The van der Waals surface area contributed by atoms with E-state index in [1.807, 2.05) is 43.3 Å². The summed E-state index contributed by atoms with van der Waals surface area (Å²) in [5.41, 5.74) is 1.86. The highest BCUT2D eigenvalue weighted by Gasteiger charge is 2.20.